The van der Waals surface area contributed by atoms with Crippen molar-refractivity contribution in [3.63, 3.8) is 0 Å². The van der Waals surface area contributed by atoms with E-state index in [0.29, 0.717) is 12.0 Å². The van der Waals surface area contributed by atoms with Gasteiger partial charge in [-0.05, 0) is 80.0 Å². The van der Waals surface area contributed by atoms with Crippen molar-refractivity contribution >= 4 is 38.8 Å². The van der Waals surface area contributed by atoms with Crippen molar-refractivity contribution in [3.05, 3.63) is 50.8 Å². The molecule has 1 aliphatic carbocycles. The second kappa shape index (κ2) is 9.35. The Hall–Kier alpha value is -1.47. The quantitative estimate of drug-likeness (QED) is 0.571. The fraction of sp³-hybridized carbons (Fsp3) is 0.458. The summed E-state index contributed by atoms with van der Waals surface area (Å²) in [7, 11) is 3.66. The molecule has 30 heavy (non-hydrogen) atoms. The number of ether oxygens (including phenoxy) is 1. The van der Waals surface area contributed by atoms with Crippen LogP contribution < -0.4 is 5.73 Å². The lowest BCUT2D eigenvalue weighted by Gasteiger charge is -2.35. The van der Waals surface area contributed by atoms with Gasteiger partial charge in [0.05, 0.1) is 7.11 Å². The van der Waals surface area contributed by atoms with Crippen molar-refractivity contribution in [1.29, 1.82) is 0 Å². The molecule has 6 heteroatoms. The number of esters is 1. The normalized spacial score (nSPS) is 22.9. The third-order valence-electron chi connectivity index (χ3n) is 6.39. The number of rotatable bonds is 4. The number of nitrogens with zero attached hydrogens (tertiary/aromatic N) is 1. The van der Waals surface area contributed by atoms with Crippen LogP contribution in [0.25, 0.3) is 16.0 Å². The topological polar surface area (TPSA) is 55.6 Å². The predicted molar refractivity (Wildman–Crippen MR) is 128 cm³/mol. The van der Waals surface area contributed by atoms with Gasteiger partial charge < -0.3 is 15.4 Å². The second-order valence-corrected chi connectivity index (χ2v) is 10.4. The number of hydrogen-bond acceptors (Lipinski definition) is 5. The van der Waals surface area contributed by atoms with Gasteiger partial charge in [0, 0.05) is 34.0 Å². The highest BCUT2D eigenvalue weighted by atomic mass is 79.9. The lowest BCUT2D eigenvalue weighted by atomic mass is 9.77. The molecule has 0 amide bonds. The van der Waals surface area contributed by atoms with Gasteiger partial charge in [-0.2, -0.15) is 0 Å². The van der Waals surface area contributed by atoms with Crippen molar-refractivity contribution in [2.75, 3.05) is 27.2 Å². The first-order valence-corrected chi connectivity index (χ1v) is 12.2. The van der Waals surface area contributed by atoms with Gasteiger partial charge in [0.2, 0.25) is 0 Å². The van der Waals surface area contributed by atoms with Crippen LogP contribution in [-0.2, 0) is 4.74 Å². The van der Waals surface area contributed by atoms with E-state index in [2.05, 4.69) is 46.1 Å². The highest BCUT2D eigenvalue weighted by molar-refractivity contribution is 9.10. The van der Waals surface area contributed by atoms with Crippen LogP contribution in [0.5, 0.6) is 0 Å². The molecule has 4 nitrogen and oxygen atoms in total. The van der Waals surface area contributed by atoms with Gasteiger partial charge in [-0.3, -0.25) is 0 Å². The van der Waals surface area contributed by atoms with Crippen LogP contribution in [-0.4, -0.2) is 44.2 Å². The summed E-state index contributed by atoms with van der Waals surface area (Å²) in [5.41, 5.74) is 11.2. The van der Waals surface area contributed by atoms with E-state index in [0.717, 1.165) is 70.5 Å². The third kappa shape index (κ3) is 4.57. The number of methoxy groups -OCH3 is 1. The standard InChI is InChI=1S/C24H29BrN2O2S/c1-27-12-11-19(21(14-27)15-5-9-18(26)10-6-15)20-13-22(30-23(20)24(28)29-2)16-3-7-17(25)8-4-16/h3-4,7-8,13,15,18H,5-6,9-12,14,26H2,1-2H3. The molecule has 4 rings (SSSR count). The van der Waals surface area contributed by atoms with Crippen molar-refractivity contribution < 1.29 is 9.53 Å². The molecule has 2 aliphatic rings. The van der Waals surface area contributed by atoms with Crippen LogP contribution in [0.3, 0.4) is 0 Å². The summed E-state index contributed by atoms with van der Waals surface area (Å²) in [5.74, 6) is 0.318. The molecule has 0 saturated heterocycles. The summed E-state index contributed by atoms with van der Waals surface area (Å²) in [6.45, 7) is 1.98. The number of hydrogen-bond donors (Lipinski definition) is 1. The zero-order valence-corrected chi connectivity index (χ0v) is 20.0. The molecule has 2 aromatic rings. The molecule has 2 heterocycles. The highest BCUT2D eigenvalue weighted by Gasteiger charge is 2.30. The van der Waals surface area contributed by atoms with Gasteiger partial charge in [-0.15, -0.1) is 11.3 Å². The third-order valence-corrected chi connectivity index (χ3v) is 8.09. The number of halogens is 1. The first kappa shape index (κ1) is 21.8. The Morgan fingerprint density at radius 1 is 1.20 bits per heavy atom. The highest BCUT2D eigenvalue weighted by Crippen LogP contribution is 2.43. The van der Waals surface area contributed by atoms with Crippen molar-refractivity contribution in [2.24, 2.45) is 11.7 Å². The van der Waals surface area contributed by atoms with Crippen LogP contribution in [0.1, 0.15) is 47.3 Å². The van der Waals surface area contributed by atoms with Gasteiger partial charge in [0.15, 0.2) is 0 Å². The minimum Gasteiger partial charge on any atom is -0.465 e. The van der Waals surface area contributed by atoms with E-state index in [9.17, 15) is 4.79 Å². The summed E-state index contributed by atoms with van der Waals surface area (Å²) in [6.07, 6.45) is 5.43. The van der Waals surface area contributed by atoms with E-state index >= 15 is 0 Å². The van der Waals surface area contributed by atoms with Crippen molar-refractivity contribution in [2.45, 2.75) is 38.1 Å². The lowest BCUT2D eigenvalue weighted by molar-refractivity contribution is 0.0606. The van der Waals surface area contributed by atoms with Crippen LogP contribution in [0.4, 0.5) is 0 Å². The minimum atomic E-state index is -0.241. The molecule has 0 atom stereocenters. The molecular weight excluding hydrogens is 460 g/mol. The molecule has 1 saturated carbocycles. The molecule has 2 N–H and O–H groups in total. The van der Waals surface area contributed by atoms with E-state index in [1.54, 1.807) is 0 Å². The van der Waals surface area contributed by atoms with E-state index in [4.69, 9.17) is 10.5 Å². The predicted octanol–water partition coefficient (Wildman–Crippen LogP) is 5.57. The summed E-state index contributed by atoms with van der Waals surface area (Å²) in [6, 6.07) is 10.8. The molecule has 0 unspecified atom stereocenters. The lowest BCUT2D eigenvalue weighted by Crippen LogP contribution is -2.34. The fourth-order valence-corrected chi connectivity index (χ4v) is 6.07. The maximum Gasteiger partial charge on any atom is 0.348 e. The first-order chi connectivity index (χ1) is 14.5. The first-order valence-electron chi connectivity index (χ1n) is 10.6. The second-order valence-electron chi connectivity index (χ2n) is 8.46. The van der Waals surface area contributed by atoms with Gasteiger partial charge >= 0.3 is 5.97 Å². The average molecular weight is 489 g/mol. The Balaban J connectivity index is 1.80. The summed E-state index contributed by atoms with van der Waals surface area (Å²) in [4.78, 5) is 16.9. The summed E-state index contributed by atoms with van der Waals surface area (Å²) in [5, 5.41) is 0. The molecule has 0 spiro atoms. The number of carbonyl (C=O) groups excluding carboxylic acids is 1. The number of nitrogens with two attached hydrogens (primary N) is 1. The zero-order chi connectivity index (χ0) is 21.3. The Labute approximate surface area is 191 Å². The van der Waals surface area contributed by atoms with Crippen molar-refractivity contribution in [3.8, 4) is 10.4 Å². The molecular formula is C24H29BrN2O2S. The van der Waals surface area contributed by atoms with Gasteiger partial charge in [0.1, 0.15) is 4.88 Å². The number of likely N-dealkylation sites (N-methyl/N-ethyl adjacent to an activating group) is 1. The van der Waals surface area contributed by atoms with Crippen LogP contribution in [0.2, 0.25) is 0 Å². The monoisotopic (exact) mass is 488 g/mol. The Bertz CT molecular complexity index is 943. The Morgan fingerprint density at radius 2 is 1.90 bits per heavy atom. The largest absolute Gasteiger partial charge is 0.465 e. The number of carbonyl (C=O) groups is 1. The zero-order valence-electron chi connectivity index (χ0n) is 17.6. The Morgan fingerprint density at radius 3 is 2.57 bits per heavy atom. The smallest absolute Gasteiger partial charge is 0.348 e. The summed E-state index contributed by atoms with van der Waals surface area (Å²) >= 11 is 5.04. The Kier molecular flexibility index (Phi) is 6.78. The molecule has 1 aromatic carbocycles. The molecule has 1 fully saturated rings. The van der Waals surface area contributed by atoms with E-state index < -0.39 is 0 Å². The van der Waals surface area contributed by atoms with E-state index in [1.165, 1.54) is 29.6 Å². The van der Waals surface area contributed by atoms with Crippen LogP contribution in [0.15, 0.2) is 40.4 Å². The number of thiophene rings is 1. The van der Waals surface area contributed by atoms with Gasteiger partial charge in [0.25, 0.3) is 0 Å². The van der Waals surface area contributed by atoms with Gasteiger partial charge in [-0.25, -0.2) is 4.79 Å². The fourth-order valence-electron chi connectivity index (χ4n) is 4.70. The van der Waals surface area contributed by atoms with Crippen LogP contribution in [0, 0.1) is 5.92 Å². The number of benzene rings is 1. The summed E-state index contributed by atoms with van der Waals surface area (Å²) < 4.78 is 6.21. The maximum atomic E-state index is 12.7. The van der Waals surface area contributed by atoms with E-state index in [-0.39, 0.29) is 5.97 Å². The molecule has 0 radical (unpaired) electrons. The van der Waals surface area contributed by atoms with Crippen molar-refractivity contribution in [1.82, 2.24) is 4.90 Å². The average Bonchev–Trinajstić information content (AvgIpc) is 3.19. The van der Waals surface area contributed by atoms with Crippen LogP contribution >= 0.6 is 27.3 Å². The molecule has 0 bridgehead atoms. The van der Waals surface area contributed by atoms with E-state index in [1.807, 2.05) is 12.1 Å². The SMILES string of the molecule is COC(=O)c1sc(-c2ccc(Br)cc2)cc1C1=C(C2CCC(N)CC2)CN(C)CC1. The minimum absolute atomic E-state index is 0.241. The molecule has 160 valence electrons. The molecule has 1 aliphatic heterocycles. The maximum absolute atomic E-state index is 12.7. The molecule has 1 aromatic heterocycles. The van der Waals surface area contributed by atoms with Gasteiger partial charge in [-0.1, -0.05) is 28.1 Å².